The van der Waals surface area contributed by atoms with Crippen LogP contribution < -0.4 is 0 Å². The van der Waals surface area contributed by atoms with E-state index in [9.17, 15) is 14.9 Å². The van der Waals surface area contributed by atoms with Gasteiger partial charge in [0.1, 0.15) is 5.69 Å². The Labute approximate surface area is 215 Å². The van der Waals surface area contributed by atoms with E-state index < -0.39 is 4.92 Å². The molecule has 188 valence electrons. The maximum atomic E-state index is 13.7. The Balaban J connectivity index is 1.42. The third-order valence-electron chi connectivity index (χ3n) is 6.94. The highest BCUT2D eigenvalue weighted by molar-refractivity contribution is 5.94. The molecule has 37 heavy (non-hydrogen) atoms. The highest BCUT2D eigenvalue weighted by atomic mass is 16.6. The van der Waals surface area contributed by atoms with Crippen molar-refractivity contribution in [2.45, 2.75) is 20.4 Å². The van der Waals surface area contributed by atoms with Crippen molar-refractivity contribution >= 4 is 11.6 Å². The molecule has 0 aliphatic carbocycles. The fourth-order valence-electron chi connectivity index (χ4n) is 4.60. The van der Waals surface area contributed by atoms with E-state index in [0.29, 0.717) is 30.2 Å². The standard InChI is InChI=1S/C29H29N5O3/c1-21-8-9-24(18-22(21)2)27-19-28(33(30-27)25-10-12-26(13-11-25)34(36)37)29(35)32-16-14-31(15-17-32)20-23-6-4-3-5-7-23/h3-13,18-19H,14-17,20H2,1-2H3. The topological polar surface area (TPSA) is 84.5 Å². The molecule has 0 radical (unpaired) electrons. The van der Waals surface area contributed by atoms with E-state index >= 15 is 0 Å². The number of hydrogen-bond donors (Lipinski definition) is 0. The van der Waals surface area contributed by atoms with Crippen LogP contribution in [0.15, 0.2) is 78.9 Å². The highest BCUT2D eigenvalue weighted by Crippen LogP contribution is 2.26. The van der Waals surface area contributed by atoms with Crippen molar-refractivity contribution in [1.82, 2.24) is 19.6 Å². The van der Waals surface area contributed by atoms with E-state index in [4.69, 9.17) is 5.10 Å². The Bertz CT molecular complexity index is 1420. The average molecular weight is 496 g/mol. The summed E-state index contributed by atoms with van der Waals surface area (Å²) in [6, 6.07) is 24.4. The number of hydrogen-bond acceptors (Lipinski definition) is 5. The zero-order valence-corrected chi connectivity index (χ0v) is 21.0. The summed E-state index contributed by atoms with van der Waals surface area (Å²) in [6.45, 7) is 7.79. The van der Waals surface area contributed by atoms with Crippen molar-refractivity contribution in [2.24, 2.45) is 0 Å². The second-order valence-electron chi connectivity index (χ2n) is 9.45. The average Bonchev–Trinajstić information content (AvgIpc) is 3.36. The van der Waals surface area contributed by atoms with Gasteiger partial charge in [-0.1, -0.05) is 42.5 Å². The summed E-state index contributed by atoms with van der Waals surface area (Å²) in [5.41, 5.74) is 6.24. The van der Waals surface area contributed by atoms with E-state index in [1.165, 1.54) is 23.3 Å². The molecule has 1 aliphatic rings. The van der Waals surface area contributed by atoms with E-state index in [0.717, 1.165) is 30.8 Å². The molecule has 0 spiro atoms. The molecule has 4 aromatic rings. The molecule has 1 aromatic heterocycles. The summed E-state index contributed by atoms with van der Waals surface area (Å²) in [7, 11) is 0. The maximum Gasteiger partial charge on any atom is 0.272 e. The van der Waals surface area contributed by atoms with Crippen LogP contribution in [0.1, 0.15) is 27.2 Å². The predicted molar refractivity (Wildman–Crippen MR) is 143 cm³/mol. The molecule has 8 nitrogen and oxygen atoms in total. The molecule has 0 saturated carbocycles. The lowest BCUT2D eigenvalue weighted by Crippen LogP contribution is -2.48. The van der Waals surface area contributed by atoms with E-state index in [1.54, 1.807) is 16.8 Å². The minimum absolute atomic E-state index is 0.00676. The number of piperazine rings is 1. The largest absolute Gasteiger partial charge is 0.335 e. The molecular weight excluding hydrogens is 466 g/mol. The molecule has 0 unspecified atom stereocenters. The van der Waals surface area contributed by atoms with Gasteiger partial charge in [0.05, 0.1) is 16.3 Å². The van der Waals surface area contributed by atoms with Crippen molar-refractivity contribution in [3.63, 3.8) is 0 Å². The number of nitrogens with zero attached hydrogens (tertiary/aromatic N) is 5. The number of nitro benzene ring substituents is 1. The number of rotatable bonds is 6. The van der Waals surface area contributed by atoms with Crippen LogP contribution in [0.5, 0.6) is 0 Å². The van der Waals surface area contributed by atoms with Gasteiger partial charge in [0.25, 0.3) is 11.6 Å². The fourth-order valence-corrected chi connectivity index (χ4v) is 4.60. The van der Waals surface area contributed by atoms with Gasteiger partial charge in [-0.25, -0.2) is 4.68 Å². The molecule has 8 heteroatoms. The molecule has 0 N–H and O–H groups in total. The summed E-state index contributed by atoms with van der Waals surface area (Å²) in [6.07, 6.45) is 0. The summed E-state index contributed by atoms with van der Waals surface area (Å²) in [5.74, 6) is -0.0969. The van der Waals surface area contributed by atoms with E-state index in [2.05, 4.69) is 30.0 Å². The first-order valence-electron chi connectivity index (χ1n) is 12.4. The normalized spacial score (nSPS) is 14.1. The quantitative estimate of drug-likeness (QED) is 0.277. The van der Waals surface area contributed by atoms with E-state index in [1.807, 2.05) is 48.2 Å². The minimum Gasteiger partial charge on any atom is -0.335 e. The SMILES string of the molecule is Cc1ccc(-c2cc(C(=O)N3CCN(Cc4ccccc4)CC3)n(-c3ccc([N+](=O)[O-])cc3)n2)cc1C. The molecule has 3 aromatic carbocycles. The first-order valence-corrected chi connectivity index (χ1v) is 12.4. The van der Waals surface area contributed by atoms with Gasteiger partial charge in [-0.2, -0.15) is 5.10 Å². The molecule has 5 rings (SSSR count). The van der Waals surface area contributed by atoms with Crippen LogP contribution >= 0.6 is 0 Å². The van der Waals surface area contributed by atoms with Crippen LogP contribution in [0.25, 0.3) is 16.9 Å². The van der Waals surface area contributed by atoms with Crippen LogP contribution in [0.2, 0.25) is 0 Å². The summed E-state index contributed by atoms with van der Waals surface area (Å²) in [4.78, 5) is 28.7. The van der Waals surface area contributed by atoms with Crippen molar-refractivity contribution in [3.05, 3.63) is 111 Å². The van der Waals surface area contributed by atoms with Gasteiger partial charge in [-0.05, 0) is 54.8 Å². The first-order chi connectivity index (χ1) is 17.9. The summed E-state index contributed by atoms with van der Waals surface area (Å²) < 4.78 is 1.60. The molecule has 1 fully saturated rings. The zero-order chi connectivity index (χ0) is 25.9. The Morgan fingerprint density at radius 1 is 0.892 bits per heavy atom. The Morgan fingerprint density at radius 2 is 1.59 bits per heavy atom. The number of benzene rings is 3. The summed E-state index contributed by atoms with van der Waals surface area (Å²) in [5, 5.41) is 15.9. The third kappa shape index (κ3) is 5.29. The number of nitro groups is 1. The lowest BCUT2D eigenvalue weighted by atomic mass is 10.0. The number of non-ortho nitro benzene ring substituents is 1. The van der Waals surface area contributed by atoms with Crippen LogP contribution in [-0.4, -0.2) is 56.6 Å². The first kappa shape index (κ1) is 24.4. The molecule has 0 bridgehead atoms. The van der Waals surface area contributed by atoms with Gasteiger partial charge in [0.15, 0.2) is 0 Å². The van der Waals surface area contributed by atoms with Crippen molar-refractivity contribution in [1.29, 1.82) is 0 Å². The minimum atomic E-state index is -0.436. The fraction of sp³-hybridized carbons (Fsp3) is 0.241. The molecule has 1 aliphatic heterocycles. The van der Waals surface area contributed by atoms with Crippen LogP contribution in [0.4, 0.5) is 5.69 Å². The Hall–Kier alpha value is -4.30. The maximum absolute atomic E-state index is 13.7. The van der Waals surface area contributed by atoms with Gasteiger partial charge < -0.3 is 4.90 Å². The number of aryl methyl sites for hydroxylation is 2. The number of carbonyl (C=O) groups excluding carboxylic acids is 1. The summed E-state index contributed by atoms with van der Waals surface area (Å²) >= 11 is 0. The zero-order valence-electron chi connectivity index (χ0n) is 21.0. The predicted octanol–water partition coefficient (Wildman–Crippen LogP) is 5.02. The van der Waals surface area contributed by atoms with Crippen molar-refractivity contribution < 1.29 is 9.72 Å². The molecule has 1 saturated heterocycles. The van der Waals surface area contributed by atoms with Crippen LogP contribution in [-0.2, 0) is 6.54 Å². The van der Waals surface area contributed by atoms with Crippen molar-refractivity contribution in [3.8, 4) is 16.9 Å². The number of aromatic nitrogens is 2. The van der Waals surface area contributed by atoms with Gasteiger partial charge >= 0.3 is 0 Å². The highest BCUT2D eigenvalue weighted by Gasteiger charge is 2.26. The second kappa shape index (κ2) is 10.4. The monoisotopic (exact) mass is 495 g/mol. The van der Waals surface area contributed by atoms with Gasteiger partial charge in [0, 0.05) is 50.4 Å². The second-order valence-corrected chi connectivity index (χ2v) is 9.45. The lowest BCUT2D eigenvalue weighted by Gasteiger charge is -2.34. The lowest BCUT2D eigenvalue weighted by molar-refractivity contribution is -0.384. The molecule has 1 amide bonds. The van der Waals surface area contributed by atoms with Gasteiger partial charge in [0.2, 0.25) is 0 Å². The molecular formula is C29H29N5O3. The Kier molecular flexibility index (Phi) is 6.83. The van der Waals surface area contributed by atoms with E-state index in [-0.39, 0.29) is 11.6 Å². The van der Waals surface area contributed by atoms with Gasteiger partial charge in [-0.15, -0.1) is 0 Å². The molecule has 0 atom stereocenters. The Morgan fingerprint density at radius 3 is 2.24 bits per heavy atom. The van der Waals surface area contributed by atoms with Crippen LogP contribution in [0.3, 0.4) is 0 Å². The molecule has 2 heterocycles. The smallest absolute Gasteiger partial charge is 0.272 e. The van der Waals surface area contributed by atoms with Gasteiger partial charge in [-0.3, -0.25) is 19.8 Å². The number of amides is 1. The van der Waals surface area contributed by atoms with Crippen LogP contribution in [0, 0.1) is 24.0 Å². The third-order valence-corrected chi connectivity index (χ3v) is 6.94. The van der Waals surface area contributed by atoms with Crippen molar-refractivity contribution in [2.75, 3.05) is 26.2 Å². The number of carbonyl (C=O) groups is 1.